The molecule has 18 heteroatoms. The highest BCUT2D eigenvalue weighted by Gasteiger charge is 2.46. The highest BCUT2D eigenvalue weighted by molar-refractivity contribution is 6.38. The van der Waals surface area contributed by atoms with Gasteiger partial charge in [0.15, 0.2) is 0 Å². The quantitative estimate of drug-likeness (QED) is 0.0447. The largest absolute Gasteiger partial charge is 0.481 e. The molecule has 3 rings (SSSR count). The van der Waals surface area contributed by atoms with Gasteiger partial charge in [-0.05, 0) is 44.4 Å². The number of carboxylic acid groups (broad SMARTS) is 1. The first-order valence-electron chi connectivity index (χ1n) is 20.6. The van der Waals surface area contributed by atoms with Gasteiger partial charge in [0.2, 0.25) is 35.3 Å². The first-order chi connectivity index (χ1) is 27.3. The van der Waals surface area contributed by atoms with Gasteiger partial charge in [0.1, 0.15) is 24.9 Å². The van der Waals surface area contributed by atoms with Crippen LogP contribution in [0.3, 0.4) is 0 Å². The number of hydrogen-bond acceptors (Lipinski definition) is 11. The van der Waals surface area contributed by atoms with Gasteiger partial charge in [-0.1, -0.05) is 65.2 Å². The maximum Gasteiger partial charge on any atom is 0.307 e. The number of amides is 6. The molecule has 322 valence electrons. The van der Waals surface area contributed by atoms with Gasteiger partial charge < -0.3 is 51.2 Å². The lowest BCUT2D eigenvalue weighted by Gasteiger charge is -2.36. The Bertz CT molecular complexity index is 1390. The summed E-state index contributed by atoms with van der Waals surface area (Å²) in [5.74, 6) is -8.23. The van der Waals surface area contributed by atoms with Crippen molar-refractivity contribution in [1.29, 1.82) is 0 Å². The molecule has 0 aromatic carbocycles. The number of carboxylic acids is 1. The van der Waals surface area contributed by atoms with Crippen LogP contribution >= 0.6 is 0 Å². The zero-order valence-corrected chi connectivity index (χ0v) is 33.7. The van der Waals surface area contributed by atoms with Gasteiger partial charge in [0.05, 0.1) is 43.7 Å². The number of nitrogens with zero attached hydrogens (tertiary/aromatic N) is 1. The molecule has 1 aliphatic heterocycles. The van der Waals surface area contributed by atoms with E-state index in [9.17, 15) is 43.5 Å². The van der Waals surface area contributed by atoms with Gasteiger partial charge in [-0.15, -0.1) is 0 Å². The van der Waals surface area contributed by atoms with E-state index in [1.165, 1.54) is 12.0 Å². The molecular weight excluding hydrogens is 744 g/mol. The fourth-order valence-electron chi connectivity index (χ4n) is 7.95. The van der Waals surface area contributed by atoms with Crippen LogP contribution in [0.25, 0.3) is 0 Å². The number of carbonyl (C=O) groups is 8. The number of unbranched alkanes of at least 4 members (excludes halogenated alkanes) is 1. The van der Waals surface area contributed by atoms with Gasteiger partial charge in [-0.2, -0.15) is 0 Å². The minimum absolute atomic E-state index is 0.0265. The minimum atomic E-state index is -1.30. The molecule has 3 fully saturated rings. The number of ether oxygens (including phenoxy) is 3. The van der Waals surface area contributed by atoms with Crippen molar-refractivity contribution in [1.82, 2.24) is 26.2 Å². The van der Waals surface area contributed by atoms with E-state index in [0.717, 1.165) is 25.7 Å². The maximum absolute atomic E-state index is 14.6. The average molecular weight is 809 g/mol. The molecule has 3 aliphatic rings. The van der Waals surface area contributed by atoms with Crippen LogP contribution in [0.15, 0.2) is 0 Å². The molecular formula is C39H64N6O12. The summed E-state index contributed by atoms with van der Waals surface area (Å²) >= 11 is 0. The number of Topliss-reactive ketones (excluding diaryl/α,β-unsaturated/α-hetero) is 1. The topological polar surface area (TPSA) is 262 Å². The maximum atomic E-state index is 14.6. The molecule has 0 radical (unpaired) electrons. The highest BCUT2D eigenvalue weighted by atomic mass is 16.7. The molecule has 0 spiro atoms. The van der Waals surface area contributed by atoms with Gasteiger partial charge in [0, 0.05) is 20.1 Å². The van der Waals surface area contributed by atoms with E-state index in [2.05, 4.69) is 21.3 Å². The summed E-state index contributed by atoms with van der Waals surface area (Å²) in [4.78, 5) is 107. The predicted molar refractivity (Wildman–Crippen MR) is 205 cm³/mol. The van der Waals surface area contributed by atoms with Crippen molar-refractivity contribution in [2.45, 2.75) is 140 Å². The van der Waals surface area contributed by atoms with E-state index in [0.29, 0.717) is 64.4 Å². The second-order valence-corrected chi connectivity index (χ2v) is 15.3. The van der Waals surface area contributed by atoms with E-state index in [1.54, 1.807) is 6.92 Å². The number of likely N-dealkylation sites (tertiary alicyclic amines) is 1. The number of hydrogen-bond donors (Lipinski definition) is 6. The fourth-order valence-corrected chi connectivity index (χ4v) is 7.95. The third-order valence-electron chi connectivity index (χ3n) is 11.1. The Morgan fingerprint density at radius 2 is 1.49 bits per heavy atom. The zero-order chi connectivity index (χ0) is 41.9. The van der Waals surface area contributed by atoms with E-state index >= 15 is 0 Å². The molecule has 7 atom stereocenters. The van der Waals surface area contributed by atoms with E-state index in [1.807, 2.05) is 6.92 Å². The summed E-state index contributed by atoms with van der Waals surface area (Å²) in [5, 5.41) is 20.2. The van der Waals surface area contributed by atoms with Crippen LogP contribution in [-0.2, 0) is 52.6 Å². The van der Waals surface area contributed by atoms with Crippen LogP contribution in [0.4, 0.5) is 0 Å². The third kappa shape index (κ3) is 14.6. The lowest BCUT2D eigenvalue weighted by molar-refractivity contribution is -0.150. The van der Waals surface area contributed by atoms with Crippen molar-refractivity contribution < 1.29 is 57.7 Å². The van der Waals surface area contributed by atoms with E-state index in [4.69, 9.17) is 19.9 Å². The van der Waals surface area contributed by atoms with E-state index in [-0.39, 0.29) is 38.7 Å². The zero-order valence-electron chi connectivity index (χ0n) is 33.7. The SMILES string of the molecule is CCCCC(NC(=O)CNC(=O)C(=O)C(CCC)NC(=O)[C@@H]1C[C@@H](OCOCCOC)CN1C(=O)C(NC(=O)C1CCCC[C@@H]1C(=O)O)C1CCCCC1)C(N)=O. The standard InChI is InChI=1S/C39H64N6O12/c1-4-6-17-29(34(40)48)42-31(46)21-41-37(51)33(47)28(12-5-2)43-36(50)30-20-25(57-23-56-19-18-55-3)22-45(30)38(52)32(24-13-8-7-9-14-24)44-35(49)26-15-10-11-16-27(26)39(53)54/h24-30,32H,4-23H2,1-3H3,(H2,40,48)(H,41,51)(H,42,46)(H,43,50)(H,44,49)(H,53,54)/t25-,26?,27+,28?,29?,30+,32?/m1/s1. The molecule has 0 bridgehead atoms. The molecule has 0 aromatic rings. The third-order valence-corrected chi connectivity index (χ3v) is 11.1. The van der Waals surface area contributed by atoms with Crippen LogP contribution < -0.4 is 27.0 Å². The summed E-state index contributed by atoms with van der Waals surface area (Å²) in [6.45, 7) is 3.47. The molecule has 18 nitrogen and oxygen atoms in total. The van der Waals surface area contributed by atoms with E-state index < -0.39 is 95.8 Å². The predicted octanol–water partition coefficient (Wildman–Crippen LogP) is 0.680. The Kier molecular flexibility index (Phi) is 20.4. The molecule has 7 N–H and O–H groups in total. The summed E-state index contributed by atoms with van der Waals surface area (Å²) in [5.41, 5.74) is 5.38. The molecule has 0 aromatic heterocycles. The Hall–Kier alpha value is -4.16. The number of nitrogens with two attached hydrogens (primary N) is 1. The first kappa shape index (κ1) is 47.2. The van der Waals surface area contributed by atoms with Crippen LogP contribution in [0.1, 0.15) is 110 Å². The van der Waals surface area contributed by atoms with Gasteiger partial charge in [0.25, 0.3) is 5.91 Å². The molecule has 57 heavy (non-hydrogen) atoms. The fraction of sp³-hybridized carbons (Fsp3) is 0.795. The highest BCUT2D eigenvalue weighted by Crippen LogP contribution is 2.33. The van der Waals surface area contributed by atoms with Crippen LogP contribution in [0.2, 0.25) is 0 Å². The Morgan fingerprint density at radius 3 is 2.12 bits per heavy atom. The van der Waals surface area contributed by atoms with Crippen molar-refractivity contribution in [2.75, 3.05) is 40.2 Å². The van der Waals surface area contributed by atoms with Crippen LogP contribution in [0, 0.1) is 17.8 Å². The molecule has 1 saturated heterocycles. The smallest absolute Gasteiger partial charge is 0.307 e. The lowest BCUT2D eigenvalue weighted by atomic mass is 9.78. The van der Waals surface area contributed by atoms with Crippen molar-refractivity contribution in [3.8, 4) is 0 Å². The second-order valence-electron chi connectivity index (χ2n) is 15.3. The lowest BCUT2D eigenvalue weighted by Crippen LogP contribution is -2.59. The summed E-state index contributed by atoms with van der Waals surface area (Å²) in [6, 6.07) is -4.40. The normalized spacial score (nSPS) is 22.8. The Balaban J connectivity index is 1.80. The Labute approximate surface area is 334 Å². The van der Waals surface area contributed by atoms with Crippen molar-refractivity contribution in [3.63, 3.8) is 0 Å². The molecule has 6 amide bonds. The Morgan fingerprint density at radius 1 is 0.807 bits per heavy atom. The van der Waals surface area contributed by atoms with Crippen LogP contribution in [-0.4, -0.2) is 128 Å². The average Bonchev–Trinajstić information content (AvgIpc) is 3.64. The number of carbonyl (C=O) groups excluding carboxylic acids is 7. The van der Waals surface area contributed by atoms with Crippen molar-refractivity contribution in [2.24, 2.45) is 23.5 Å². The van der Waals surface area contributed by atoms with Crippen LogP contribution in [0.5, 0.6) is 0 Å². The molecule has 2 saturated carbocycles. The summed E-state index contributed by atoms with van der Waals surface area (Å²) in [7, 11) is 1.53. The number of nitrogens with one attached hydrogen (secondary N) is 4. The molecule has 2 aliphatic carbocycles. The van der Waals surface area contributed by atoms with Crippen molar-refractivity contribution >= 4 is 47.2 Å². The number of rotatable bonds is 24. The molecule has 1 heterocycles. The first-order valence-corrected chi connectivity index (χ1v) is 20.6. The second kappa shape index (κ2) is 24.6. The van der Waals surface area contributed by atoms with Gasteiger partial charge >= 0.3 is 5.97 Å². The van der Waals surface area contributed by atoms with Crippen molar-refractivity contribution in [3.05, 3.63) is 0 Å². The van der Waals surface area contributed by atoms with Gasteiger partial charge in [-0.3, -0.25) is 38.4 Å². The number of aliphatic carboxylic acids is 1. The monoisotopic (exact) mass is 808 g/mol. The number of ketones is 1. The van der Waals surface area contributed by atoms with Gasteiger partial charge in [-0.25, -0.2) is 0 Å². The number of primary amides is 1. The summed E-state index contributed by atoms with van der Waals surface area (Å²) < 4.78 is 16.4. The molecule has 4 unspecified atom stereocenters. The minimum Gasteiger partial charge on any atom is -0.481 e. The number of methoxy groups -OCH3 is 1. The summed E-state index contributed by atoms with van der Waals surface area (Å²) in [6.07, 6.45) is 7.69.